The minimum atomic E-state index is -1.03. The van der Waals surface area contributed by atoms with Crippen LogP contribution in [0.3, 0.4) is 0 Å². The zero-order valence-corrected chi connectivity index (χ0v) is 12.4. The third-order valence-corrected chi connectivity index (χ3v) is 4.34. The van der Waals surface area contributed by atoms with Crippen molar-refractivity contribution in [1.82, 2.24) is 0 Å². The zero-order chi connectivity index (χ0) is 14.4. The van der Waals surface area contributed by atoms with Gasteiger partial charge in [-0.25, -0.2) is 0 Å². The SMILES string of the molecule is Cc1ccc(S(=O)CCOc2ccccc2CN)cc1. The largest absolute Gasteiger partial charge is 0.492 e. The van der Waals surface area contributed by atoms with Gasteiger partial charge < -0.3 is 10.5 Å². The number of benzene rings is 2. The first-order valence-corrected chi connectivity index (χ1v) is 7.88. The quantitative estimate of drug-likeness (QED) is 0.889. The highest BCUT2D eigenvalue weighted by molar-refractivity contribution is 7.85. The molecule has 2 N–H and O–H groups in total. The molecule has 2 aromatic carbocycles. The van der Waals surface area contributed by atoms with Crippen LogP contribution in [0.2, 0.25) is 0 Å². The molecule has 0 heterocycles. The van der Waals surface area contributed by atoms with Gasteiger partial charge in [-0.3, -0.25) is 4.21 Å². The van der Waals surface area contributed by atoms with E-state index in [9.17, 15) is 4.21 Å². The van der Waals surface area contributed by atoms with Crippen LogP contribution in [-0.2, 0) is 17.3 Å². The van der Waals surface area contributed by atoms with E-state index < -0.39 is 10.8 Å². The maximum absolute atomic E-state index is 12.1. The number of nitrogens with two attached hydrogens (primary N) is 1. The van der Waals surface area contributed by atoms with E-state index in [1.54, 1.807) is 0 Å². The lowest BCUT2D eigenvalue weighted by molar-refractivity contribution is 0.339. The molecule has 0 aliphatic carbocycles. The van der Waals surface area contributed by atoms with Crippen molar-refractivity contribution < 1.29 is 8.95 Å². The highest BCUT2D eigenvalue weighted by Crippen LogP contribution is 2.17. The van der Waals surface area contributed by atoms with Crippen molar-refractivity contribution in [2.24, 2.45) is 5.73 Å². The van der Waals surface area contributed by atoms with Crippen LogP contribution in [0.4, 0.5) is 0 Å². The summed E-state index contributed by atoms with van der Waals surface area (Å²) in [6.45, 7) is 2.87. The van der Waals surface area contributed by atoms with E-state index >= 15 is 0 Å². The first kappa shape index (κ1) is 14.8. The maximum Gasteiger partial charge on any atom is 0.123 e. The predicted molar refractivity (Wildman–Crippen MR) is 82.3 cm³/mol. The first-order chi connectivity index (χ1) is 9.70. The monoisotopic (exact) mass is 289 g/mol. The fraction of sp³-hybridized carbons (Fsp3) is 0.250. The molecule has 2 rings (SSSR count). The third-order valence-electron chi connectivity index (χ3n) is 3.00. The molecule has 0 spiro atoms. The topological polar surface area (TPSA) is 52.3 Å². The molecule has 3 nitrogen and oxygen atoms in total. The van der Waals surface area contributed by atoms with Gasteiger partial charge in [0.25, 0.3) is 0 Å². The Morgan fingerprint density at radius 3 is 2.50 bits per heavy atom. The Labute approximate surface area is 122 Å². The van der Waals surface area contributed by atoms with E-state index in [0.717, 1.165) is 16.2 Å². The van der Waals surface area contributed by atoms with Gasteiger partial charge in [-0.1, -0.05) is 35.9 Å². The number of aryl methyl sites for hydroxylation is 1. The summed E-state index contributed by atoms with van der Waals surface area (Å²) in [5, 5.41) is 0. The van der Waals surface area contributed by atoms with Gasteiger partial charge in [0.05, 0.1) is 16.6 Å². The van der Waals surface area contributed by atoms with Crippen LogP contribution in [0.15, 0.2) is 53.4 Å². The molecule has 0 radical (unpaired) electrons. The molecular weight excluding hydrogens is 270 g/mol. The molecule has 106 valence electrons. The summed E-state index contributed by atoms with van der Waals surface area (Å²) in [6, 6.07) is 15.4. The fourth-order valence-electron chi connectivity index (χ4n) is 1.85. The Kier molecular flexibility index (Phi) is 5.32. The number of ether oxygens (including phenoxy) is 1. The molecule has 0 bridgehead atoms. The van der Waals surface area contributed by atoms with E-state index in [2.05, 4.69) is 0 Å². The summed E-state index contributed by atoms with van der Waals surface area (Å²) in [5.74, 6) is 1.25. The van der Waals surface area contributed by atoms with Gasteiger partial charge >= 0.3 is 0 Å². The lowest BCUT2D eigenvalue weighted by atomic mass is 10.2. The van der Waals surface area contributed by atoms with Crippen LogP contribution < -0.4 is 10.5 Å². The molecule has 0 aromatic heterocycles. The molecule has 4 heteroatoms. The number of para-hydroxylation sites is 1. The highest BCUT2D eigenvalue weighted by Gasteiger charge is 2.05. The smallest absolute Gasteiger partial charge is 0.123 e. The second-order valence-electron chi connectivity index (χ2n) is 4.52. The van der Waals surface area contributed by atoms with E-state index in [4.69, 9.17) is 10.5 Å². The Hall–Kier alpha value is -1.65. The zero-order valence-electron chi connectivity index (χ0n) is 11.5. The van der Waals surface area contributed by atoms with Crippen molar-refractivity contribution in [3.63, 3.8) is 0 Å². The standard InChI is InChI=1S/C16H19NO2S/c1-13-6-8-15(9-7-13)20(18)11-10-19-16-5-3-2-4-14(16)12-17/h2-9H,10-12,17H2,1H3. The Morgan fingerprint density at radius 2 is 1.80 bits per heavy atom. The number of hydrogen-bond donors (Lipinski definition) is 1. The maximum atomic E-state index is 12.1. The second-order valence-corrected chi connectivity index (χ2v) is 6.09. The van der Waals surface area contributed by atoms with Gasteiger partial charge in [0.2, 0.25) is 0 Å². The Morgan fingerprint density at radius 1 is 1.10 bits per heavy atom. The molecule has 20 heavy (non-hydrogen) atoms. The van der Waals surface area contributed by atoms with Crippen LogP contribution in [0.5, 0.6) is 5.75 Å². The first-order valence-electron chi connectivity index (χ1n) is 6.56. The van der Waals surface area contributed by atoms with Crippen molar-refractivity contribution >= 4 is 10.8 Å². The summed E-state index contributed by atoms with van der Waals surface area (Å²) < 4.78 is 17.8. The van der Waals surface area contributed by atoms with Crippen LogP contribution in [0, 0.1) is 6.92 Å². The van der Waals surface area contributed by atoms with Crippen LogP contribution in [-0.4, -0.2) is 16.6 Å². The van der Waals surface area contributed by atoms with E-state index in [1.807, 2.05) is 55.5 Å². The van der Waals surface area contributed by atoms with Crippen LogP contribution >= 0.6 is 0 Å². The summed E-state index contributed by atoms with van der Waals surface area (Å²) in [6.07, 6.45) is 0. The molecule has 1 unspecified atom stereocenters. The normalized spacial score (nSPS) is 12.1. The molecular formula is C16H19NO2S. The molecule has 1 atom stereocenters. The third kappa shape index (κ3) is 3.92. The van der Waals surface area contributed by atoms with Crippen LogP contribution in [0.1, 0.15) is 11.1 Å². The van der Waals surface area contributed by atoms with E-state index in [-0.39, 0.29) is 0 Å². The molecule has 0 saturated carbocycles. The van der Waals surface area contributed by atoms with Gasteiger partial charge in [-0.2, -0.15) is 0 Å². The van der Waals surface area contributed by atoms with Crippen molar-refractivity contribution in [3.05, 3.63) is 59.7 Å². The Bertz CT molecular complexity index is 581. The average Bonchev–Trinajstić information content (AvgIpc) is 2.48. The Balaban J connectivity index is 1.89. The summed E-state index contributed by atoms with van der Waals surface area (Å²) in [4.78, 5) is 0.839. The van der Waals surface area contributed by atoms with E-state index in [0.29, 0.717) is 18.9 Å². The van der Waals surface area contributed by atoms with Gasteiger partial charge in [0.1, 0.15) is 12.4 Å². The minimum Gasteiger partial charge on any atom is -0.492 e. The molecule has 0 aliphatic rings. The predicted octanol–water partition coefficient (Wildman–Crippen LogP) is 2.64. The van der Waals surface area contributed by atoms with E-state index in [1.165, 1.54) is 5.56 Å². The van der Waals surface area contributed by atoms with Gasteiger partial charge in [0.15, 0.2) is 0 Å². The minimum absolute atomic E-state index is 0.414. The van der Waals surface area contributed by atoms with Crippen molar-refractivity contribution in [1.29, 1.82) is 0 Å². The molecule has 2 aromatic rings. The van der Waals surface area contributed by atoms with Crippen molar-refractivity contribution in [2.45, 2.75) is 18.4 Å². The highest BCUT2D eigenvalue weighted by atomic mass is 32.2. The second kappa shape index (κ2) is 7.22. The number of rotatable bonds is 6. The lowest BCUT2D eigenvalue weighted by Crippen LogP contribution is -2.10. The van der Waals surface area contributed by atoms with Gasteiger partial charge in [-0.15, -0.1) is 0 Å². The van der Waals surface area contributed by atoms with Gasteiger partial charge in [-0.05, 0) is 25.1 Å². The van der Waals surface area contributed by atoms with Gasteiger partial charge in [0, 0.05) is 17.0 Å². The summed E-state index contributed by atoms with van der Waals surface area (Å²) >= 11 is 0. The summed E-state index contributed by atoms with van der Waals surface area (Å²) in [5.41, 5.74) is 7.78. The molecule has 0 amide bonds. The molecule has 0 fully saturated rings. The average molecular weight is 289 g/mol. The lowest BCUT2D eigenvalue weighted by Gasteiger charge is -2.10. The van der Waals surface area contributed by atoms with Crippen LogP contribution in [0.25, 0.3) is 0 Å². The molecule has 0 aliphatic heterocycles. The fourth-order valence-corrected chi connectivity index (χ4v) is 2.76. The molecule has 0 saturated heterocycles. The van der Waals surface area contributed by atoms with Crippen molar-refractivity contribution in [2.75, 3.05) is 12.4 Å². The van der Waals surface area contributed by atoms with Crippen molar-refractivity contribution in [3.8, 4) is 5.75 Å². The number of hydrogen-bond acceptors (Lipinski definition) is 3. The summed E-state index contributed by atoms with van der Waals surface area (Å²) in [7, 11) is -1.03.